The number of aryl methyl sites for hydroxylation is 2. The molecule has 0 saturated carbocycles. The van der Waals surface area contributed by atoms with E-state index in [1.54, 1.807) is 13.8 Å². The van der Waals surface area contributed by atoms with E-state index in [9.17, 15) is 8.42 Å². The van der Waals surface area contributed by atoms with Gasteiger partial charge in [-0.15, -0.1) is 5.10 Å². The van der Waals surface area contributed by atoms with Gasteiger partial charge in [0.05, 0.1) is 11.4 Å². The van der Waals surface area contributed by atoms with Crippen LogP contribution in [0.1, 0.15) is 11.4 Å². The molecule has 0 amide bonds. The van der Waals surface area contributed by atoms with Crippen LogP contribution in [0.15, 0.2) is 23.2 Å². The second kappa shape index (κ2) is 5.35. The Labute approximate surface area is 115 Å². The molecule has 0 aromatic carbocycles. The molecule has 0 saturated heterocycles. The molecule has 0 aliphatic carbocycles. The van der Waals surface area contributed by atoms with Gasteiger partial charge in [0.1, 0.15) is 10.7 Å². The van der Waals surface area contributed by atoms with Crippen molar-refractivity contribution < 1.29 is 8.42 Å². The summed E-state index contributed by atoms with van der Waals surface area (Å²) in [6.45, 7) is 3.45. The second-order valence-corrected chi connectivity index (χ2v) is 5.62. The molecule has 20 heavy (non-hydrogen) atoms. The minimum Gasteiger partial charge on any atom is -0.308 e. The van der Waals surface area contributed by atoms with Gasteiger partial charge in [-0.05, 0) is 26.0 Å². The lowest BCUT2D eigenvalue weighted by Gasteiger charge is -2.07. The smallest absolute Gasteiger partial charge is 0.265 e. The highest BCUT2D eigenvalue weighted by Gasteiger charge is 2.16. The molecule has 0 aliphatic rings. The Morgan fingerprint density at radius 2 is 1.90 bits per heavy atom. The maximum Gasteiger partial charge on any atom is 0.265 e. The van der Waals surface area contributed by atoms with Gasteiger partial charge >= 0.3 is 0 Å². The van der Waals surface area contributed by atoms with Crippen molar-refractivity contribution in [2.75, 3.05) is 10.1 Å². The molecule has 0 unspecified atom stereocenters. The van der Waals surface area contributed by atoms with Crippen molar-refractivity contribution in [1.29, 1.82) is 0 Å². The number of nitrogen functional groups attached to an aromatic ring is 1. The number of hydrogen-bond donors (Lipinski definition) is 3. The molecule has 2 aromatic rings. The maximum atomic E-state index is 12.1. The highest BCUT2D eigenvalue weighted by molar-refractivity contribution is 7.92. The number of pyridine rings is 1. The molecule has 0 fully saturated rings. The average molecular weight is 295 g/mol. The second-order valence-electron chi connectivity index (χ2n) is 3.94. The Hall–Kier alpha value is -2.33. The summed E-state index contributed by atoms with van der Waals surface area (Å²) in [6.07, 6.45) is 1.17. The summed E-state index contributed by atoms with van der Waals surface area (Å²) in [5.41, 5.74) is 3.54. The van der Waals surface area contributed by atoms with Crippen molar-refractivity contribution in [3.63, 3.8) is 0 Å². The van der Waals surface area contributed by atoms with Gasteiger partial charge < -0.3 is 5.43 Å². The van der Waals surface area contributed by atoms with Crippen molar-refractivity contribution in [2.45, 2.75) is 18.7 Å². The lowest BCUT2D eigenvalue weighted by Crippen LogP contribution is -2.17. The Morgan fingerprint density at radius 1 is 1.15 bits per heavy atom. The first-order valence-electron chi connectivity index (χ1n) is 5.56. The quantitative estimate of drug-likeness (QED) is 0.528. The molecule has 10 heteroatoms. The van der Waals surface area contributed by atoms with E-state index in [2.05, 4.69) is 30.3 Å². The van der Waals surface area contributed by atoms with Crippen LogP contribution in [-0.4, -0.2) is 28.6 Å². The van der Waals surface area contributed by atoms with E-state index >= 15 is 0 Å². The summed E-state index contributed by atoms with van der Waals surface area (Å²) < 4.78 is 26.4. The summed E-state index contributed by atoms with van der Waals surface area (Å²) in [5, 5.41) is 7.48. The predicted molar refractivity (Wildman–Crippen MR) is 72.2 cm³/mol. The lowest BCUT2D eigenvalue weighted by molar-refractivity contribution is 0.600. The minimum atomic E-state index is -3.81. The van der Waals surface area contributed by atoms with Crippen molar-refractivity contribution >= 4 is 21.8 Å². The zero-order chi connectivity index (χ0) is 14.8. The normalized spacial score (nSPS) is 11.2. The molecule has 9 nitrogen and oxygen atoms in total. The van der Waals surface area contributed by atoms with Crippen LogP contribution in [0.25, 0.3) is 0 Å². The zero-order valence-electron chi connectivity index (χ0n) is 10.8. The fourth-order valence-corrected chi connectivity index (χ4v) is 2.19. The fourth-order valence-electron chi connectivity index (χ4n) is 1.30. The van der Waals surface area contributed by atoms with Crippen LogP contribution >= 0.6 is 0 Å². The molecule has 4 N–H and O–H groups in total. The van der Waals surface area contributed by atoms with Crippen LogP contribution in [0.3, 0.4) is 0 Å². The predicted octanol–water partition coefficient (Wildman–Crippen LogP) is -0.0302. The summed E-state index contributed by atoms with van der Waals surface area (Å²) in [6, 6.07) is 2.80. The number of hydrazine groups is 1. The van der Waals surface area contributed by atoms with E-state index in [4.69, 9.17) is 5.84 Å². The third-order valence-electron chi connectivity index (χ3n) is 2.51. The van der Waals surface area contributed by atoms with E-state index in [1.165, 1.54) is 18.3 Å². The Bertz CT molecular complexity index is 715. The molecule has 0 spiro atoms. The van der Waals surface area contributed by atoms with Crippen molar-refractivity contribution in [3.05, 3.63) is 29.7 Å². The summed E-state index contributed by atoms with van der Waals surface area (Å²) in [7, 11) is -3.81. The molecule has 2 heterocycles. The third kappa shape index (κ3) is 2.97. The Balaban J connectivity index is 2.27. The van der Waals surface area contributed by atoms with Gasteiger partial charge in [0.2, 0.25) is 0 Å². The summed E-state index contributed by atoms with van der Waals surface area (Å²) in [5.74, 6) is 5.42. The van der Waals surface area contributed by atoms with E-state index < -0.39 is 10.0 Å². The molecule has 0 atom stereocenters. The zero-order valence-corrected chi connectivity index (χ0v) is 11.6. The van der Waals surface area contributed by atoms with E-state index in [1.807, 2.05) is 0 Å². The Morgan fingerprint density at radius 3 is 2.45 bits per heavy atom. The standard InChI is InChI=1S/C10H13N7O2S/c1-6-7(2)15-16-10(13-6)17-20(18,19)8-3-4-9(14-11)12-5-8/h3-5H,11H2,1-2H3,(H,12,14)(H,13,16,17). The molecule has 2 rings (SSSR count). The molecule has 0 aliphatic heterocycles. The monoisotopic (exact) mass is 295 g/mol. The molecule has 0 bridgehead atoms. The first-order chi connectivity index (χ1) is 9.42. The van der Waals surface area contributed by atoms with Gasteiger partial charge in [0, 0.05) is 6.20 Å². The van der Waals surface area contributed by atoms with Gasteiger partial charge in [-0.3, -0.25) is 0 Å². The summed E-state index contributed by atoms with van der Waals surface area (Å²) >= 11 is 0. The third-order valence-corrected chi connectivity index (χ3v) is 3.83. The maximum absolute atomic E-state index is 12.1. The number of hydrogen-bond acceptors (Lipinski definition) is 8. The molecular weight excluding hydrogens is 282 g/mol. The van der Waals surface area contributed by atoms with Gasteiger partial charge in [0.15, 0.2) is 0 Å². The first-order valence-corrected chi connectivity index (χ1v) is 7.04. The highest BCUT2D eigenvalue weighted by atomic mass is 32.2. The van der Waals surface area contributed by atoms with Gasteiger partial charge in [-0.25, -0.2) is 29.0 Å². The van der Waals surface area contributed by atoms with Crippen LogP contribution < -0.4 is 16.0 Å². The van der Waals surface area contributed by atoms with Crippen LogP contribution in [0.4, 0.5) is 11.8 Å². The van der Waals surface area contributed by atoms with Crippen LogP contribution in [-0.2, 0) is 10.0 Å². The Kier molecular flexibility index (Phi) is 3.77. The number of nitrogens with one attached hydrogen (secondary N) is 2. The SMILES string of the molecule is Cc1nnc(NS(=O)(=O)c2ccc(NN)nc2)nc1C. The van der Waals surface area contributed by atoms with E-state index in [0.29, 0.717) is 17.2 Å². The van der Waals surface area contributed by atoms with E-state index in [-0.39, 0.29) is 10.8 Å². The molecule has 0 radical (unpaired) electrons. The number of nitrogens with two attached hydrogens (primary N) is 1. The van der Waals surface area contributed by atoms with Gasteiger partial charge in [0.25, 0.3) is 16.0 Å². The number of anilines is 2. The minimum absolute atomic E-state index is 0.0293. The molecule has 106 valence electrons. The molecule has 2 aromatic heterocycles. The number of nitrogens with zero attached hydrogens (tertiary/aromatic N) is 4. The molecular formula is C10H13N7O2S. The summed E-state index contributed by atoms with van der Waals surface area (Å²) in [4.78, 5) is 7.80. The number of rotatable bonds is 4. The van der Waals surface area contributed by atoms with Crippen molar-refractivity contribution in [3.8, 4) is 0 Å². The van der Waals surface area contributed by atoms with Crippen LogP contribution in [0.5, 0.6) is 0 Å². The number of aromatic nitrogens is 4. The number of sulfonamides is 1. The van der Waals surface area contributed by atoms with Crippen LogP contribution in [0, 0.1) is 13.8 Å². The van der Waals surface area contributed by atoms with E-state index in [0.717, 1.165) is 0 Å². The fraction of sp³-hybridized carbons (Fsp3) is 0.200. The van der Waals surface area contributed by atoms with Crippen molar-refractivity contribution in [2.24, 2.45) is 5.84 Å². The van der Waals surface area contributed by atoms with Gasteiger partial charge in [-0.1, -0.05) is 0 Å². The van der Waals surface area contributed by atoms with Crippen LogP contribution in [0.2, 0.25) is 0 Å². The van der Waals surface area contributed by atoms with Crippen molar-refractivity contribution in [1.82, 2.24) is 20.2 Å². The highest BCUT2D eigenvalue weighted by Crippen LogP contribution is 2.13. The largest absolute Gasteiger partial charge is 0.308 e. The first kappa shape index (κ1) is 14.1. The van der Waals surface area contributed by atoms with Gasteiger partial charge in [-0.2, -0.15) is 5.10 Å². The topological polar surface area (TPSA) is 136 Å². The average Bonchev–Trinajstić information content (AvgIpc) is 2.43. The lowest BCUT2D eigenvalue weighted by atomic mass is 10.4.